The van der Waals surface area contributed by atoms with Crippen molar-refractivity contribution in [2.75, 3.05) is 18.1 Å². The van der Waals surface area contributed by atoms with Crippen LogP contribution in [0, 0.1) is 0 Å². The van der Waals surface area contributed by atoms with Crippen LogP contribution >= 0.6 is 23.5 Å². The van der Waals surface area contributed by atoms with E-state index in [1.165, 1.54) is 28.4 Å². The number of rotatable bonds is 7. The molecular formula is C27H25N3O5S2. The smallest absolute Gasteiger partial charge is 0.352 e. The molecule has 0 aromatic heterocycles. The van der Waals surface area contributed by atoms with Gasteiger partial charge in [-0.1, -0.05) is 30.3 Å². The van der Waals surface area contributed by atoms with E-state index >= 15 is 0 Å². The molecule has 190 valence electrons. The zero-order valence-corrected chi connectivity index (χ0v) is 21.5. The van der Waals surface area contributed by atoms with E-state index in [4.69, 9.17) is 0 Å². The third-order valence-electron chi connectivity index (χ3n) is 7.10. The summed E-state index contributed by atoms with van der Waals surface area (Å²) in [4.78, 5) is 54.5. The zero-order chi connectivity index (χ0) is 25.7. The van der Waals surface area contributed by atoms with Crippen molar-refractivity contribution >= 4 is 58.0 Å². The number of thioether (sulfide) groups is 2. The minimum atomic E-state index is -1.20. The Morgan fingerprint density at radius 3 is 2.68 bits per heavy atom. The lowest BCUT2D eigenvalue weighted by molar-refractivity contribution is -0.150. The first-order chi connectivity index (χ1) is 17.9. The van der Waals surface area contributed by atoms with Crippen LogP contribution in [0.2, 0.25) is 0 Å². The van der Waals surface area contributed by atoms with Gasteiger partial charge in [-0.05, 0) is 53.8 Å². The lowest BCUT2D eigenvalue weighted by Gasteiger charge is -2.49. The fraction of sp³-hybridized carbons (Fsp3) is 0.333. The Morgan fingerprint density at radius 1 is 1.14 bits per heavy atom. The van der Waals surface area contributed by atoms with Crippen molar-refractivity contribution in [1.29, 1.82) is 0 Å². The first kappa shape index (κ1) is 24.1. The summed E-state index contributed by atoms with van der Waals surface area (Å²) in [5.74, 6) is -1.44. The molecule has 6 rings (SSSR count). The number of likely N-dealkylation sites (tertiary alicyclic amines) is 1. The largest absolute Gasteiger partial charge is 0.477 e. The Balaban J connectivity index is 1.11. The third kappa shape index (κ3) is 4.53. The molecule has 0 bridgehead atoms. The molecule has 1 saturated carbocycles. The van der Waals surface area contributed by atoms with Crippen molar-refractivity contribution in [3.63, 3.8) is 0 Å². The van der Waals surface area contributed by atoms with Crippen LogP contribution in [0.25, 0.3) is 10.8 Å². The second-order valence-corrected chi connectivity index (χ2v) is 11.7. The van der Waals surface area contributed by atoms with Crippen LogP contribution < -0.4 is 5.32 Å². The van der Waals surface area contributed by atoms with Gasteiger partial charge in [0.2, 0.25) is 11.8 Å². The van der Waals surface area contributed by atoms with Crippen molar-refractivity contribution in [2.24, 2.45) is 0 Å². The Hall–Kier alpha value is -3.24. The molecule has 8 nitrogen and oxygen atoms in total. The summed E-state index contributed by atoms with van der Waals surface area (Å²) in [5.41, 5.74) is 0.984. The second kappa shape index (κ2) is 9.57. The average Bonchev–Trinajstić information content (AvgIpc) is 3.68. The molecule has 2 saturated heterocycles. The number of β-lactam (4-membered cyclic amide) rings is 1. The summed E-state index contributed by atoms with van der Waals surface area (Å²) < 4.78 is 0. The summed E-state index contributed by atoms with van der Waals surface area (Å²) in [6, 6.07) is 13.5. The number of carboxylic acid groups (broad SMARTS) is 1. The average molecular weight is 536 g/mol. The van der Waals surface area contributed by atoms with Crippen molar-refractivity contribution in [1.82, 2.24) is 15.1 Å². The molecule has 3 fully saturated rings. The van der Waals surface area contributed by atoms with Crippen LogP contribution in [0.5, 0.6) is 0 Å². The molecule has 0 radical (unpaired) electrons. The topological polar surface area (TPSA) is 107 Å². The van der Waals surface area contributed by atoms with E-state index in [1.54, 1.807) is 6.08 Å². The van der Waals surface area contributed by atoms with Crippen molar-refractivity contribution in [2.45, 2.75) is 41.6 Å². The van der Waals surface area contributed by atoms with Crippen LogP contribution in [-0.4, -0.2) is 74.1 Å². The highest BCUT2D eigenvalue weighted by molar-refractivity contribution is 8.00. The van der Waals surface area contributed by atoms with E-state index in [9.17, 15) is 24.3 Å². The Kier molecular flexibility index (Phi) is 6.24. The molecule has 1 aliphatic carbocycles. The number of carbonyl (C=O) groups is 4. The van der Waals surface area contributed by atoms with Gasteiger partial charge in [0, 0.05) is 28.8 Å². The number of benzene rings is 2. The van der Waals surface area contributed by atoms with Crippen LogP contribution in [0.3, 0.4) is 0 Å². The van der Waals surface area contributed by atoms with Gasteiger partial charge >= 0.3 is 5.97 Å². The number of amides is 3. The highest BCUT2D eigenvalue weighted by atomic mass is 32.2. The standard InChI is InChI=1S/C27H25N3O5S2/c31-21(14-36-20-8-5-15-3-1-2-4-16(15)12-20)28-22-25(33)30-23(27(34)35)18(13-37-26(22)30)11-17-9-10-29(24(17)32)19-6-7-19/h1-5,8,11-12,19,22,26H,6-7,9-10,13-14H2,(H,28,31)(H,34,35). The fourth-order valence-corrected chi connectivity index (χ4v) is 7.15. The molecule has 37 heavy (non-hydrogen) atoms. The molecule has 2 unspecified atom stereocenters. The maximum Gasteiger partial charge on any atom is 0.352 e. The molecule has 2 atom stereocenters. The molecule has 3 heterocycles. The van der Waals surface area contributed by atoms with Crippen LogP contribution in [0.1, 0.15) is 19.3 Å². The van der Waals surface area contributed by atoms with Crippen molar-refractivity contribution in [3.05, 3.63) is 65.4 Å². The third-order valence-corrected chi connectivity index (χ3v) is 9.40. The number of nitrogens with one attached hydrogen (secondary N) is 1. The van der Waals surface area contributed by atoms with Crippen LogP contribution in [0.4, 0.5) is 0 Å². The van der Waals surface area contributed by atoms with E-state index in [2.05, 4.69) is 5.32 Å². The maximum atomic E-state index is 13.0. The predicted molar refractivity (Wildman–Crippen MR) is 142 cm³/mol. The predicted octanol–water partition coefficient (Wildman–Crippen LogP) is 2.99. The molecule has 2 aromatic rings. The van der Waals surface area contributed by atoms with Crippen molar-refractivity contribution in [3.8, 4) is 0 Å². The van der Waals surface area contributed by atoms with E-state index in [-0.39, 0.29) is 23.3 Å². The Labute approximate surface area is 222 Å². The Bertz CT molecular complexity index is 1400. The molecule has 10 heteroatoms. The second-order valence-electron chi connectivity index (χ2n) is 9.58. The summed E-state index contributed by atoms with van der Waals surface area (Å²) in [6.45, 7) is 0.661. The minimum Gasteiger partial charge on any atom is -0.477 e. The van der Waals surface area contributed by atoms with E-state index in [0.29, 0.717) is 35.9 Å². The molecular weight excluding hydrogens is 510 g/mol. The number of aliphatic carboxylic acids is 1. The van der Waals surface area contributed by atoms with Crippen LogP contribution in [-0.2, 0) is 19.2 Å². The number of carbonyl (C=O) groups excluding carboxylic acids is 3. The number of hydrogen-bond donors (Lipinski definition) is 2. The summed E-state index contributed by atoms with van der Waals surface area (Å²) in [7, 11) is 0. The van der Waals surface area contributed by atoms with Crippen molar-refractivity contribution < 1.29 is 24.3 Å². The van der Waals surface area contributed by atoms with Gasteiger partial charge in [-0.2, -0.15) is 0 Å². The highest BCUT2D eigenvalue weighted by Crippen LogP contribution is 2.42. The van der Waals surface area contributed by atoms with Gasteiger partial charge in [0.25, 0.3) is 5.91 Å². The van der Waals surface area contributed by atoms with E-state index < -0.39 is 23.3 Å². The lowest BCUT2D eigenvalue weighted by Crippen LogP contribution is -2.70. The number of nitrogens with zero attached hydrogens (tertiary/aromatic N) is 2. The quantitative estimate of drug-likeness (QED) is 0.319. The maximum absolute atomic E-state index is 13.0. The zero-order valence-electron chi connectivity index (χ0n) is 19.9. The van der Waals surface area contributed by atoms with E-state index in [0.717, 1.165) is 28.5 Å². The van der Waals surface area contributed by atoms with Crippen LogP contribution in [0.15, 0.2) is 70.3 Å². The van der Waals surface area contributed by atoms with Gasteiger partial charge in [0.05, 0.1) is 5.75 Å². The summed E-state index contributed by atoms with van der Waals surface area (Å²) in [6.07, 6.45) is 4.30. The van der Waals surface area contributed by atoms with Gasteiger partial charge in [-0.3, -0.25) is 19.3 Å². The normalized spacial score (nSPS) is 24.5. The number of allylic oxidation sites excluding steroid dienone is 1. The van der Waals surface area contributed by atoms with E-state index in [1.807, 2.05) is 47.4 Å². The van der Waals surface area contributed by atoms with Gasteiger partial charge in [-0.25, -0.2) is 4.79 Å². The monoisotopic (exact) mass is 535 g/mol. The molecule has 3 aliphatic heterocycles. The molecule has 4 aliphatic rings. The molecule has 2 N–H and O–H groups in total. The number of fused-ring (bicyclic) bond motifs is 2. The Morgan fingerprint density at radius 2 is 1.92 bits per heavy atom. The summed E-state index contributed by atoms with van der Waals surface area (Å²) >= 11 is 2.80. The minimum absolute atomic E-state index is 0.0316. The number of carboxylic acids is 1. The van der Waals surface area contributed by atoms with Gasteiger partial charge in [-0.15, -0.1) is 23.5 Å². The first-order valence-corrected chi connectivity index (χ1v) is 14.3. The SMILES string of the molecule is O=C(CSc1ccc2ccccc2c1)NC1C(=O)N2C(C(=O)O)=C(C=C3CCN(C4CC4)C3=O)CSC12. The van der Waals surface area contributed by atoms with Gasteiger partial charge in [0.15, 0.2) is 0 Å². The lowest BCUT2D eigenvalue weighted by atomic mass is 10.0. The number of hydrogen-bond acceptors (Lipinski definition) is 6. The van der Waals surface area contributed by atoms with Gasteiger partial charge < -0.3 is 15.3 Å². The summed E-state index contributed by atoms with van der Waals surface area (Å²) in [5, 5.41) is 14.4. The molecule has 3 amide bonds. The fourth-order valence-electron chi connectivity index (χ4n) is 5.09. The molecule has 0 spiro atoms. The highest BCUT2D eigenvalue weighted by Gasteiger charge is 2.54. The first-order valence-electron chi connectivity index (χ1n) is 12.2. The van der Waals surface area contributed by atoms with Gasteiger partial charge in [0.1, 0.15) is 17.1 Å². The molecule has 2 aromatic carbocycles.